The van der Waals surface area contributed by atoms with Crippen LogP contribution in [0.3, 0.4) is 0 Å². The van der Waals surface area contributed by atoms with Gasteiger partial charge in [0.05, 0.1) is 14.7 Å². The zero-order valence-corrected chi connectivity index (χ0v) is 12.7. The van der Waals surface area contributed by atoms with Crippen molar-refractivity contribution in [3.63, 3.8) is 0 Å². The maximum atomic E-state index is 13.4. The Hall–Kier alpha value is -1.59. The van der Waals surface area contributed by atoms with E-state index >= 15 is 0 Å². The fourth-order valence-corrected chi connectivity index (χ4v) is 3.14. The number of Topliss-reactive ketones (excluding diaryl/α,β-unsaturated/α-hetero) is 1. The van der Waals surface area contributed by atoms with Crippen LogP contribution in [-0.2, 0) is 6.42 Å². The molecule has 0 fully saturated rings. The van der Waals surface area contributed by atoms with E-state index in [1.165, 1.54) is 6.07 Å². The van der Waals surface area contributed by atoms with E-state index < -0.39 is 0 Å². The standard InChI is InChI=1S/C15H9BrFNOS/c16-15-9(2-1-3-11(15)17)6-13(19)10-7-14-12(18-8-10)4-5-20-14/h1-5,7-8H,6H2. The first-order valence-corrected chi connectivity index (χ1v) is 7.62. The molecule has 100 valence electrons. The third kappa shape index (κ3) is 2.51. The SMILES string of the molecule is O=C(Cc1cccc(F)c1Br)c1cnc2ccsc2c1. The Morgan fingerprint density at radius 3 is 3.05 bits per heavy atom. The lowest BCUT2D eigenvalue weighted by atomic mass is 10.0. The van der Waals surface area contributed by atoms with E-state index in [0.29, 0.717) is 15.6 Å². The molecule has 2 nitrogen and oxygen atoms in total. The summed E-state index contributed by atoms with van der Waals surface area (Å²) in [5, 5.41) is 1.94. The van der Waals surface area contributed by atoms with E-state index in [4.69, 9.17) is 0 Å². The topological polar surface area (TPSA) is 30.0 Å². The van der Waals surface area contributed by atoms with Crippen LogP contribution < -0.4 is 0 Å². The van der Waals surface area contributed by atoms with Gasteiger partial charge in [-0.15, -0.1) is 11.3 Å². The summed E-state index contributed by atoms with van der Waals surface area (Å²) >= 11 is 4.72. The third-order valence-electron chi connectivity index (χ3n) is 3.01. The van der Waals surface area contributed by atoms with Crippen LogP contribution in [-0.4, -0.2) is 10.8 Å². The van der Waals surface area contributed by atoms with Gasteiger partial charge < -0.3 is 0 Å². The number of fused-ring (bicyclic) bond motifs is 1. The van der Waals surface area contributed by atoms with Gasteiger partial charge in [-0.1, -0.05) is 12.1 Å². The molecule has 0 radical (unpaired) electrons. The fourth-order valence-electron chi connectivity index (χ4n) is 1.96. The van der Waals surface area contributed by atoms with Gasteiger partial charge in [0.15, 0.2) is 5.78 Å². The Morgan fingerprint density at radius 2 is 2.20 bits per heavy atom. The van der Waals surface area contributed by atoms with Crippen LogP contribution in [0.4, 0.5) is 4.39 Å². The predicted octanol–water partition coefficient (Wildman–Crippen LogP) is 4.62. The first-order valence-electron chi connectivity index (χ1n) is 5.94. The molecule has 2 aromatic heterocycles. The number of nitrogens with zero attached hydrogens (tertiary/aromatic N) is 1. The highest BCUT2D eigenvalue weighted by atomic mass is 79.9. The summed E-state index contributed by atoms with van der Waals surface area (Å²) in [5.74, 6) is -0.429. The summed E-state index contributed by atoms with van der Waals surface area (Å²) in [7, 11) is 0. The van der Waals surface area contributed by atoms with Crippen molar-refractivity contribution in [2.75, 3.05) is 0 Å². The van der Waals surface area contributed by atoms with Crippen LogP contribution >= 0.6 is 27.3 Å². The minimum atomic E-state index is -0.359. The van der Waals surface area contributed by atoms with Gasteiger partial charge in [-0.25, -0.2) is 4.39 Å². The average molecular weight is 350 g/mol. The maximum Gasteiger partial charge on any atom is 0.168 e. The zero-order valence-electron chi connectivity index (χ0n) is 10.3. The van der Waals surface area contributed by atoms with Crippen molar-refractivity contribution in [2.45, 2.75) is 6.42 Å². The Labute approximate surface area is 127 Å². The molecule has 0 aliphatic carbocycles. The van der Waals surface area contributed by atoms with Gasteiger partial charge in [0.25, 0.3) is 0 Å². The largest absolute Gasteiger partial charge is 0.294 e. The number of pyridine rings is 1. The molecule has 1 aromatic carbocycles. The number of benzene rings is 1. The molecule has 0 saturated carbocycles. The monoisotopic (exact) mass is 349 g/mol. The normalized spacial score (nSPS) is 10.9. The minimum Gasteiger partial charge on any atom is -0.294 e. The highest BCUT2D eigenvalue weighted by Gasteiger charge is 2.13. The van der Waals surface area contributed by atoms with E-state index in [9.17, 15) is 9.18 Å². The average Bonchev–Trinajstić information content (AvgIpc) is 2.91. The zero-order chi connectivity index (χ0) is 14.1. The molecule has 0 spiro atoms. The molecule has 2 heterocycles. The van der Waals surface area contributed by atoms with Gasteiger partial charge in [0.1, 0.15) is 5.82 Å². The molecule has 3 aromatic rings. The number of rotatable bonds is 3. The summed E-state index contributed by atoms with van der Waals surface area (Å²) < 4.78 is 14.8. The Bertz CT molecular complexity index is 799. The molecular weight excluding hydrogens is 341 g/mol. The smallest absolute Gasteiger partial charge is 0.168 e. The van der Waals surface area contributed by atoms with Crippen molar-refractivity contribution in [1.29, 1.82) is 0 Å². The molecular formula is C15H9BrFNOS. The summed E-state index contributed by atoms with van der Waals surface area (Å²) in [6.45, 7) is 0. The summed E-state index contributed by atoms with van der Waals surface area (Å²) in [4.78, 5) is 16.5. The summed E-state index contributed by atoms with van der Waals surface area (Å²) in [6, 6.07) is 8.45. The highest BCUT2D eigenvalue weighted by molar-refractivity contribution is 9.10. The molecule has 0 aliphatic rings. The van der Waals surface area contributed by atoms with Crippen molar-refractivity contribution in [1.82, 2.24) is 4.98 Å². The second kappa shape index (κ2) is 5.42. The Kier molecular flexibility index (Phi) is 3.63. The Morgan fingerprint density at radius 1 is 1.35 bits per heavy atom. The minimum absolute atomic E-state index is 0.0703. The number of ketones is 1. The van der Waals surface area contributed by atoms with Crippen LogP contribution in [0.5, 0.6) is 0 Å². The van der Waals surface area contributed by atoms with E-state index in [1.807, 2.05) is 17.5 Å². The van der Waals surface area contributed by atoms with Gasteiger partial charge >= 0.3 is 0 Å². The fraction of sp³-hybridized carbons (Fsp3) is 0.0667. The lowest BCUT2D eigenvalue weighted by Gasteiger charge is -2.05. The molecule has 0 aliphatic heterocycles. The number of hydrogen-bond donors (Lipinski definition) is 0. The van der Waals surface area contributed by atoms with Crippen molar-refractivity contribution >= 4 is 43.3 Å². The number of thiophene rings is 1. The lowest BCUT2D eigenvalue weighted by molar-refractivity contribution is 0.0992. The lowest BCUT2D eigenvalue weighted by Crippen LogP contribution is -2.05. The molecule has 0 N–H and O–H groups in total. The van der Waals surface area contributed by atoms with E-state index in [0.717, 1.165) is 10.2 Å². The number of carbonyl (C=O) groups excluding carboxylic acids is 1. The first kappa shape index (κ1) is 13.4. The first-order chi connectivity index (χ1) is 9.65. The van der Waals surface area contributed by atoms with Gasteiger partial charge in [0.2, 0.25) is 0 Å². The summed E-state index contributed by atoms with van der Waals surface area (Å²) in [6.07, 6.45) is 1.72. The van der Waals surface area contributed by atoms with E-state index in [2.05, 4.69) is 20.9 Å². The van der Waals surface area contributed by atoms with Gasteiger partial charge in [-0.3, -0.25) is 9.78 Å². The quantitative estimate of drug-likeness (QED) is 0.645. The van der Waals surface area contributed by atoms with Crippen molar-refractivity contribution in [3.8, 4) is 0 Å². The van der Waals surface area contributed by atoms with Crippen molar-refractivity contribution < 1.29 is 9.18 Å². The van der Waals surface area contributed by atoms with Gasteiger partial charge in [0, 0.05) is 18.2 Å². The Balaban J connectivity index is 1.90. The van der Waals surface area contributed by atoms with Gasteiger partial charge in [-0.05, 0) is 45.1 Å². The molecule has 5 heteroatoms. The molecule has 0 atom stereocenters. The number of hydrogen-bond acceptors (Lipinski definition) is 3. The molecule has 0 unspecified atom stereocenters. The van der Waals surface area contributed by atoms with Crippen LogP contribution in [0.1, 0.15) is 15.9 Å². The number of halogens is 2. The molecule has 0 saturated heterocycles. The van der Waals surface area contributed by atoms with Gasteiger partial charge in [-0.2, -0.15) is 0 Å². The van der Waals surface area contributed by atoms with E-state index in [1.54, 1.807) is 29.7 Å². The molecule has 20 heavy (non-hydrogen) atoms. The van der Waals surface area contributed by atoms with Crippen LogP contribution in [0.15, 0.2) is 46.4 Å². The van der Waals surface area contributed by atoms with Crippen LogP contribution in [0.25, 0.3) is 10.2 Å². The summed E-state index contributed by atoms with van der Waals surface area (Å²) in [5.41, 5.74) is 2.08. The van der Waals surface area contributed by atoms with Crippen molar-refractivity contribution in [3.05, 3.63) is 63.3 Å². The maximum absolute atomic E-state index is 13.4. The second-order valence-electron chi connectivity index (χ2n) is 4.34. The number of carbonyl (C=O) groups is 1. The van der Waals surface area contributed by atoms with E-state index in [-0.39, 0.29) is 18.0 Å². The predicted molar refractivity (Wildman–Crippen MR) is 81.8 cm³/mol. The molecule has 3 rings (SSSR count). The second-order valence-corrected chi connectivity index (χ2v) is 6.08. The van der Waals surface area contributed by atoms with Crippen LogP contribution in [0, 0.1) is 5.82 Å². The molecule has 0 amide bonds. The van der Waals surface area contributed by atoms with Crippen molar-refractivity contribution in [2.24, 2.45) is 0 Å². The molecule has 0 bridgehead atoms. The highest BCUT2D eigenvalue weighted by Crippen LogP contribution is 2.23. The number of aromatic nitrogens is 1. The van der Waals surface area contributed by atoms with Crippen LogP contribution in [0.2, 0.25) is 0 Å². The third-order valence-corrected chi connectivity index (χ3v) is 4.75.